The topological polar surface area (TPSA) is 72.3 Å². The molecule has 0 bridgehead atoms. The van der Waals surface area contributed by atoms with E-state index in [1.54, 1.807) is 0 Å². The summed E-state index contributed by atoms with van der Waals surface area (Å²) < 4.78 is 0. The normalized spacial score (nSPS) is 10.2. The fourth-order valence-electron chi connectivity index (χ4n) is 0.838. The maximum Gasteiger partial charge on any atom is 0.231 e. The third kappa shape index (κ3) is 6.06. The van der Waals surface area contributed by atoms with E-state index in [1.807, 2.05) is 11.8 Å². The third-order valence-corrected chi connectivity index (χ3v) is 1.71. The van der Waals surface area contributed by atoms with Crippen molar-refractivity contribution in [1.29, 1.82) is 0 Å². The summed E-state index contributed by atoms with van der Waals surface area (Å²) in [5.41, 5.74) is 10.3. The Morgan fingerprint density at radius 2 is 2.08 bits per heavy atom. The van der Waals surface area contributed by atoms with E-state index in [0.717, 1.165) is 6.54 Å². The predicted octanol–water partition coefficient (Wildman–Crippen LogP) is -0.530. The van der Waals surface area contributed by atoms with Gasteiger partial charge in [-0.1, -0.05) is 19.1 Å². The number of carbonyl (C=O) groups is 1. The van der Waals surface area contributed by atoms with E-state index < -0.39 is 0 Å². The first-order valence-electron chi connectivity index (χ1n) is 3.85. The number of thiocarbonyl (C=S) groups is 1. The first kappa shape index (κ1) is 11.3. The molecule has 0 aromatic rings. The lowest BCUT2D eigenvalue weighted by atomic mass is 10.3. The smallest absolute Gasteiger partial charge is 0.231 e. The molecular weight excluding hydrogens is 174 g/mol. The van der Waals surface area contributed by atoms with Crippen molar-refractivity contribution in [1.82, 2.24) is 4.90 Å². The second-order valence-corrected chi connectivity index (χ2v) is 3.08. The fraction of sp³-hybridized carbons (Fsp3) is 0.714. The van der Waals surface area contributed by atoms with E-state index in [0.29, 0.717) is 18.0 Å². The van der Waals surface area contributed by atoms with E-state index in [1.165, 1.54) is 0 Å². The average Bonchev–Trinajstić information content (AvgIpc) is 1.97. The lowest BCUT2D eigenvalue weighted by Crippen LogP contribution is -2.35. The standard InChI is InChI=1S/C7H15N3OS/c1-2-10(5-6(8)11)4-3-7(9)12/h2-5H2,1H3,(H2,8,11)(H2,9,12). The minimum absolute atomic E-state index is 0.277. The van der Waals surface area contributed by atoms with Crippen molar-refractivity contribution in [3.05, 3.63) is 0 Å². The molecule has 0 heterocycles. The van der Waals surface area contributed by atoms with Gasteiger partial charge in [0, 0.05) is 13.0 Å². The highest BCUT2D eigenvalue weighted by atomic mass is 32.1. The summed E-state index contributed by atoms with van der Waals surface area (Å²) in [5, 5.41) is 0. The van der Waals surface area contributed by atoms with Crippen LogP contribution in [0.5, 0.6) is 0 Å². The third-order valence-electron chi connectivity index (χ3n) is 1.50. The Bertz CT molecular complexity index is 172. The monoisotopic (exact) mass is 189 g/mol. The van der Waals surface area contributed by atoms with Gasteiger partial charge in [0.05, 0.1) is 11.5 Å². The molecule has 0 radical (unpaired) electrons. The van der Waals surface area contributed by atoms with Crippen molar-refractivity contribution < 1.29 is 4.79 Å². The highest BCUT2D eigenvalue weighted by Gasteiger charge is 2.05. The number of nitrogens with zero attached hydrogens (tertiary/aromatic N) is 1. The largest absolute Gasteiger partial charge is 0.393 e. The minimum Gasteiger partial charge on any atom is -0.393 e. The molecular formula is C7H15N3OS. The Morgan fingerprint density at radius 1 is 1.50 bits per heavy atom. The number of hydrogen-bond donors (Lipinski definition) is 2. The van der Waals surface area contributed by atoms with Crippen molar-refractivity contribution in [3.63, 3.8) is 0 Å². The Morgan fingerprint density at radius 3 is 2.42 bits per heavy atom. The van der Waals surface area contributed by atoms with E-state index in [4.69, 9.17) is 23.7 Å². The van der Waals surface area contributed by atoms with Crippen LogP contribution in [-0.2, 0) is 4.79 Å². The summed E-state index contributed by atoms with van der Waals surface area (Å²) in [6, 6.07) is 0. The molecule has 0 aromatic heterocycles. The van der Waals surface area contributed by atoms with Crippen LogP contribution in [0.15, 0.2) is 0 Å². The van der Waals surface area contributed by atoms with Crippen LogP contribution in [0.2, 0.25) is 0 Å². The molecule has 5 heteroatoms. The van der Waals surface area contributed by atoms with Crippen LogP contribution >= 0.6 is 12.2 Å². The predicted molar refractivity (Wildman–Crippen MR) is 52.7 cm³/mol. The van der Waals surface area contributed by atoms with Gasteiger partial charge in [-0.3, -0.25) is 9.69 Å². The summed E-state index contributed by atoms with van der Waals surface area (Å²) in [7, 11) is 0. The quantitative estimate of drug-likeness (QED) is 0.551. The van der Waals surface area contributed by atoms with Crippen molar-refractivity contribution >= 4 is 23.1 Å². The molecule has 0 spiro atoms. The Hall–Kier alpha value is -0.680. The zero-order chi connectivity index (χ0) is 9.56. The van der Waals surface area contributed by atoms with Gasteiger partial charge in [0.25, 0.3) is 0 Å². The molecule has 0 aliphatic heterocycles. The van der Waals surface area contributed by atoms with E-state index in [2.05, 4.69) is 0 Å². The lowest BCUT2D eigenvalue weighted by molar-refractivity contribution is -0.119. The highest BCUT2D eigenvalue weighted by molar-refractivity contribution is 7.80. The molecule has 0 saturated heterocycles. The Balaban J connectivity index is 3.67. The second kappa shape index (κ2) is 5.91. The Kier molecular flexibility index (Phi) is 5.57. The summed E-state index contributed by atoms with van der Waals surface area (Å²) >= 11 is 4.71. The molecule has 12 heavy (non-hydrogen) atoms. The van der Waals surface area contributed by atoms with Crippen molar-refractivity contribution in [3.8, 4) is 0 Å². The number of rotatable bonds is 6. The lowest BCUT2D eigenvalue weighted by Gasteiger charge is -2.17. The van der Waals surface area contributed by atoms with Crippen molar-refractivity contribution in [2.24, 2.45) is 11.5 Å². The van der Waals surface area contributed by atoms with Crippen LogP contribution < -0.4 is 11.5 Å². The molecule has 70 valence electrons. The van der Waals surface area contributed by atoms with Gasteiger partial charge in [0.1, 0.15) is 0 Å². The number of hydrogen-bond acceptors (Lipinski definition) is 3. The molecule has 0 saturated carbocycles. The van der Waals surface area contributed by atoms with Gasteiger partial charge in [-0.05, 0) is 6.54 Å². The SMILES string of the molecule is CCN(CCC(N)=S)CC(N)=O. The molecule has 1 amide bonds. The van der Waals surface area contributed by atoms with Crippen LogP contribution in [0.3, 0.4) is 0 Å². The maximum atomic E-state index is 10.5. The fourth-order valence-corrected chi connectivity index (χ4v) is 0.929. The number of amides is 1. The number of nitrogens with two attached hydrogens (primary N) is 2. The first-order valence-corrected chi connectivity index (χ1v) is 4.26. The van der Waals surface area contributed by atoms with Crippen LogP contribution in [0, 0.1) is 0 Å². The van der Waals surface area contributed by atoms with Crippen LogP contribution in [-0.4, -0.2) is 35.4 Å². The number of likely N-dealkylation sites (N-methyl/N-ethyl adjacent to an activating group) is 1. The maximum absolute atomic E-state index is 10.5. The van der Waals surface area contributed by atoms with Gasteiger partial charge in [-0.25, -0.2) is 0 Å². The van der Waals surface area contributed by atoms with Crippen LogP contribution in [0.4, 0.5) is 0 Å². The Labute approximate surface area is 77.9 Å². The minimum atomic E-state index is -0.320. The number of carbonyl (C=O) groups excluding carboxylic acids is 1. The molecule has 0 aromatic carbocycles. The molecule has 4 N–H and O–H groups in total. The van der Waals surface area contributed by atoms with E-state index >= 15 is 0 Å². The summed E-state index contributed by atoms with van der Waals surface area (Å²) in [5.74, 6) is -0.320. The van der Waals surface area contributed by atoms with E-state index in [-0.39, 0.29) is 12.5 Å². The molecule has 4 nitrogen and oxygen atoms in total. The molecule has 0 atom stereocenters. The van der Waals surface area contributed by atoms with Crippen LogP contribution in [0.25, 0.3) is 0 Å². The molecule has 0 unspecified atom stereocenters. The van der Waals surface area contributed by atoms with Gasteiger partial charge in [0.15, 0.2) is 0 Å². The number of primary amides is 1. The van der Waals surface area contributed by atoms with Crippen molar-refractivity contribution in [2.45, 2.75) is 13.3 Å². The highest BCUT2D eigenvalue weighted by Crippen LogP contribution is 1.90. The van der Waals surface area contributed by atoms with Gasteiger partial charge >= 0.3 is 0 Å². The van der Waals surface area contributed by atoms with Crippen molar-refractivity contribution in [2.75, 3.05) is 19.6 Å². The molecule has 0 aliphatic rings. The summed E-state index contributed by atoms with van der Waals surface area (Å²) in [6.45, 7) is 3.72. The van der Waals surface area contributed by atoms with E-state index in [9.17, 15) is 4.79 Å². The summed E-state index contributed by atoms with van der Waals surface area (Å²) in [4.78, 5) is 12.9. The van der Waals surface area contributed by atoms with Gasteiger partial charge in [0.2, 0.25) is 5.91 Å². The average molecular weight is 189 g/mol. The molecule has 0 rings (SSSR count). The molecule has 0 fully saturated rings. The zero-order valence-corrected chi connectivity index (χ0v) is 8.06. The van der Waals surface area contributed by atoms with Gasteiger partial charge < -0.3 is 11.5 Å². The summed E-state index contributed by atoms with van der Waals surface area (Å²) in [6.07, 6.45) is 0.635. The zero-order valence-electron chi connectivity index (χ0n) is 7.25. The van der Waals surface area contributed by atoms with Gasteiger partial charge in [-0.2, -0.15) is 0 Å². The second-order valence-electron chi connectivity index (χ2n) is 2.55. The van der Waals surface area contributed by atoms with Gasteiger partial charge in [-0.15, -0.1) is 0 Å². The first-order chi connectivity index (χ1) is 5.56. The van der Waals surface area contributed by atoms with Crippen LogP contribution in [0.1, 0.15) is 13.3 Å². The molecule has 0 aliphatic carbocycles.